The highest BCUT2D eigenvalue weighted by molar-refractivity contribution is 6.45. The van der Waals surface area contributed by atoms with E-state index in [1.807, 2.05) is 18.3 Å². The smallest absolute Gasteiger partial charge is 0.210 e. The van der Waals surface area contributed by atoms with Gasteiger partial charge >= 0.3 is 0 Å². The molecule has 0 saturated heterocycles. The van der Waals surface area contributed by atoms with Crippen molar-refractivity contribution >= 4 is 50.8 Å². The van der Waals surface area contributed by atoms with Gasteiger partial charge in [0.15, 0.2) is 0 Å². The molecule has 0 aliphatic rings. The summed E-state index contributed by atoms with van der Waals surface area (Å²) in [5.74, 6) is 0.340. The Kier molecular flexibility index (Phi) is 4.17. The minimum atomic E-state index is -0.175. The number of rotatable bonds is 4. The third-order valence-electron chi connectivity index (χ3n) is 4.66. The first-order valence-corrected chi connectivity index (χ1v) is 8.99. The van der Waals surface area contributed by atoms with Gasteiger partial charge < -0.3 is 14.7 Å². The van der Waals surface area contributed by atoms with Crippen molar-refractivity contribution in [1.29, 1.82) is 0 Å². The van der Waals surface area contributed by atoms with Crippen molar-refractivity contribution in [1.82, 2.24) is 9.97 Å². The zero-order valence-corrected chi connectivity index (χ0v) is 15.8. The molecule has 2 aromatic heterocycles. The Labute approximate surface area is 160 Å². The van der Waals surface area contributed by atoms with Crippen molar-refractivity contribution in [3.8, 4) is 5.75 Å². The van der Waals surface area contributed by atoms with Gasteiger partial charge in [0.25, 0.3) is 0 Å². The van der Waals surface area contributed by atoms with Crippen LogP contribution in [0.25, 0.3) is 21.8 Å². The number of ether oxygens (including phenoxy) is 1. The van der Waals surface area contributed by atoms with Crippen LogP contribution in [-0.2, 0) is 6.42 Å². The number of hydrogen-bond acceptors (Lipinski definition) is 2. The SMILES string of the molecule is CCc1c[nH]c2ccc(C(=O)c3[nH]c4ccc(OC)c(Cl)c4c3Cl)cc12. The second kappa shape index (κ2) is 6.38. The minimum Gasteiger partial charge on any atom is -0.495 e. The number of nitrogens with one attached hydrogen (secondary N) is 2. The lowest BCUT2D eigenvalue weighted by Gasteiger charge is -2.03. The fraction of sp³-hybridized carbons (Fsp3) is 0.150. The molecule has 0 unspecified atom stereocenters. The summed E-state index contributed by atoms with van der Waals surface area (Å²) >= 11 is 12.9. The number of aryl methyl sites for hydroxylation is 1. The maximum absolute atomic E-state index is 13.1. The largest absolute Gasteiger partial charge is 0.495 e. The molecule has 4 rings (SSSR count). The van der Waals surface area contributed by atoms with Gasteiger partial charge in [-0.15, -0.1) is 0 Å². The maximum Gasteiger partial charge on any atom is 0.210 e. The number of hydrogen-bond donors (Lipinski definition) is 2. The van der Waals surface area contributed by atoms with Crippen molar-refractivity contribution in [2.24, 2.45) is 0 Å². The first-order chi connectivity index (χ1) is 12.5. The molecule has 4 aromatic rings. The summed E-state index contributed by atoms with van der Waals surface area (Å²) in [4.78, 5) is 19.4. The van der Waals surface area contributed by atoms with E-state index in [0.717, 1.165) is 17.3 Å². The number of carbonyl (C=O) groups excluding carboxylic acids is 1. The van der Waals surface area contributed by atoms with E-state index in [0.29, 0.717) is 38.0 Å². The predicted octanol–water partition coefficient (Wildman–Crippen LogP) is 5.76. The van der Waals surface area contributed by atoms with Crippen LogP contribution < -0.4 is 4.74 Å². The summed E-state index contributed by atoms with van der Waals surface area (Å²) in [6.45, 7) is 2.08. The van der Waals surface area contributed by atoms with Gasteiger partial charge in [-0.1, -0.05) is 30.1 Å². The van der Waals surface area contributed by atoms with Crippen molar-refractivity contribution < 1.29 is 9.53 Å². The molecule has 0 aliphatic heterocycles. The van der Waals surface area contributed by atoms with Gasteiger partial charge in [0, 0.05) is 33.6 Å². The van der Waals surface area contributed by atoms with Crippen molar-refractivity contribution in [3.05, 3.63) is 63.4 Å². The first-order valence-electron chi connectivity index (χ1n) is 8.23. The Morgan fingerprint density at radius 3 is 2.62 bits per heavy atom. The van der Waals surface area contributed by atoms with Crippen LogP contribution in [0.4, 0.5) is 0 Å². The van der Waals surface area contributed by atoms with Crippen LogP contribution in [0.1, 0.15) is 28.5 Å². The van der Waals surface area contributed by atoms with Crippen molar-refractivity contribution in [2.75, 3.05) is 7.11 Å². The molecule has 132 valence electrons. The number of halogens is 2. The van der Waals surface area contributed by atoms with Crippen LogP contribution in [-0.4, -0.2) is 22.9 Å². The summed E-state index contributed by atoms with van der Waals surface area (Å²) < 4.78 is 5.23. The van der Waals surface area contributed by atoms with Crippen LogP contribution in [0.3, 0.4) is 0 Å². The number of carbonyl (C=O) groups is 1. The van der Waals surface area contributed by atoms with Gasteiger partial charge in [-0.2, -0.15) is 0 Å². The zero-order valence-electron chi connectivity index (χ0n) is 14.2. The van der Waals surface area contributed by atoms with Crippen molar-refractivity contribution in [3.63, 3.8) is 0 Å². The summed E-state index contributed by atoms with van der Waals surface area (Å²) in [6, 6.07) is 9.15. The Bertz CT molecular complexity index is 1160. The number of aromatic amines is 2. The topological polar surface area (TPSA) is 57.9 Å². The summed E-state index contributed by atoms with van der Waals surface area (Å²) in [7, 11) is 1.54. The van der Waals surface area contributed by atoms with E-state index in [4.69, 9.17) is 27.9 Å². The fourth-order valence-corrected chi connectivity index (χ4v) is 3.97. The molecule has 0 bridgehead atoms. The number of fused-ring (bicyclic) bond motifs is 2. The van der Waals surface area contributed by atoms with Gasteiger partial charge in [-0.25, -0.2) is 0 Å². The lowest BCUT2D eigenvalue weighted by Crippen LogP contribution is -2.02. The van der Waals surface area contributed by atoms with E-state index in [9.17, 15) is 4.79 Å². The average Bonchev–Trinajstić information content (AvgIpc) is 3.22. The Balaban J connectivity index is 1.86. The molecule has 26 heavy (non-hydrogen) atoms. The highest BCUT2D eigenvalue weighted by Crippen LogP contribution is 2.39. The molecule has 4 nitrogen and oxygen atoms in total. The Hall–Kier alpha value is -2.43. The van der Waals surface area contributed by atoms with E-state index in [1.54, 1.807) is 18.2 Å². The standard InChI is InChI=1S/C20H16Cl2N2O2/c1-3-10-9-23-13-5-4-11(8-12(10)13)20(25)19-18(22)16-14(24-19)6-7-15(26-2)17(16)21/h4-9,23-24H,3H2,1-2H3. The van der Waals surface area contributed by atoms with E-state index in [-0.39, 0.29) is 5.78 Å². The Morgan fingerprint density at radius 2 is 1.88 bits per heavy atom. The molecule has 0 amide bonds. The second-order valence-electron chi connectivity index (χ2n) is 6.08. The molecule has 2 aromatic carbocycles. The monoisotopic (exact) mass is 386 g/mol. The lowest BCUT2D eigenvalue weighted by molar-refractivity contribution is 0.103. The molecular formula is C20H16Cl2N2O2. The summed E-state index contributed by atoms with van der Waals surface area (Å²) in [6.07, 6.45) is 2.86. The van der Waals surface area contributed by atoms with E-state index >= 15 is 0 Å². The van der Waals surface area contributed by atoms with Crippen LogP contribution in [0.5, 0.6) is 5.75 Å². The molecule has 0 atom stereocenters. The molecule has 6 heteroatoms. The molecule has 0 spiro atoms. The van der Waals surface area contributed by atoms with Gasteiger partial charge in [0.2, 0.25) is 5.78 Å². The highest BCUT2D eigenvalue weighted by Gasteiger charge is 2.21. The van der Waals surface area contributed by atoms with Crippen LogP contribution in [0.15, 0.2) is 36.5 Å². The third-order valence-corrected chi connectivity index (χ3v) is 5.42. The molecule has 0 saturated carbocycles. The molecule has 0 aliphatic carbocycles. The lowest BCUT2D eigenvalue weighted by atomic mass is 10.0. The number of methoxy groups -OCH3 is 1. The fourth-order valence-electron chi connectivity index (χ4n) is 3.26. The molecule has 0 radical (unpaired) electrons. The average molecular weight is 387 g/mol. The maximum atomic E-state index is 13.1. The number of benzene rings is 2. The molecular weight excluding hydrogens is 371 g/mol. The van der Waals surface area contributed by atoms with Gasteiger partial charge in [-0.3, -0.25) is 4.79 Å². The third kappa shape index (κ3) is 2.49. The van der Waals surface area contributed by atoms with Crippen LogP contribution in [0.2, 0.25) is 10.0 Å². The normalized spacial score (nSPS) is 11.4. The van der Waals surface area contributed by atoms with Crippen molar-refractivity contribution in [2.45, 2.75) is 13.3 Å². The summed E-state index contributed by atoms with van der Waals surface area (Å²) in [5, 5.41) is 2.33. The summed E-state index contributed by atoms with van der Waals surface area (Å²) in [5.41, 5.74) is 3.77. The minimum absolute atomic E-state index is 0.175. The van der Waals surface area contributed by atoms with E-state index in [1.165, 1.54) is 12.7 Å². The quantitative estimate of drug-likeness (QED) is 0.438. The van der Waals surface area contributed by atoms with Crippen LogP contribution >= 0.6 is 23.2 Å². The zero-order chi connectivity index (χ0) is 18.4. The first kappa shape index (κ1) is 17.0. The van der Waals surface area contributed by atoms with Gasteiger partial charge in [0.05, 0.1) is 17.2 Å². The van der Waals surface area contributed by atoms with E-state index < -0.39 is 0 Å². The number of aromatic nitrogens is 2. The Morgan fingerprint density at radius 1 is 1.12 bits per heavy atom. The second-order valence-corrected chi connectivity index (χ2v) is 6.83. The molecule has 2 N–H and O–H groups in total. The van der Waals surface area contributed by atoms with E-state index in [2.05, 4.69) is 16.9 Å². The predicted molar refractivity (Wildman–Crippen MR) is 106 cm³/mol. The number of ketones is 1. The number of H-pyrrole nitrogens is 2. The van der Waals surface area contributed by atoms with Gasteiger partial charge in [-0.05, 0) is 42.3 Å². The molecule has 0 fully saturated rings. The van der Waals surface area contributed by atoms with Crippen LogP contribution in [0, 0.1) is 0 Å². The molecule has 2 heterocycles. The van der Waals surface area contributed by atoms with Gasteiger partial charge in [0.1, 0.15) is 11.4 Å². The highest BCUT2D eigenvalue weighted by atomic mass is 35.5.